The highest BCUT2D eigenvalue weighted by atomic mass is 19.3. The second-order valence-corrected chi connectivity index (χ2v) is 6.80. The molecular formula is C22H22F3N3O3. The van der Waals surface area contributed by atoms with E-state index in [4.69, 9.17) is 4.74 Å². The summed E-state index contributed by atoms with van der Waals surface area (Å²) in [6.07, 6.45) is 0.402. The maximum absolute atomic E-state index is 13.2. The zero-order valence-corrected chi connectivity index (χ0v) is 17.3. The number of aromatic nitrogens is 2. The molecule has 2 aromatic carbocycles. The number of nitrogens with one attached hydrogen (secondary N) is 1. The van der Waals surface area contributed by atoms with Crippen molar-refractivity contribution in [2.24, 2.45) is 0 Å². The van der Waals surface area contributed by atoms with Crippen LogP contribution in [0, 0.1) is 19.7 Å². The summed E-state index contributed by atoms with van der Waals surface area (Å²) in [7, 11) is 1.37. The molecular weight excluding hydrogens is 411 g/mol. The number of benzene rings is 2. The van der Waals surface area contributed by atoms with Gasteiger partial charge in [-0.15, -0.1) is 0 Å². The number of alkyl halides is 2. The maximum Gasteiger partial charge on any atom is 0.387 e. The van der Waals surface area contributed by atoms with Gasteiger partial charge in [0.25, 0.3) is 5.91 Å². The van der Waals surface area contributed by atoms with Crippen molar-refractivity contribution in [3.05, 3.63) is 70.8 Å². The molecule has 0 aliphatic carbocycles. The number of aryl methyl sites for hydroxylation is 1. The Labute approximate surface area is 177 Å². The Morgan fingerprint density at radius 2 is 1.84 bits per heavy atom. The lowest BCUT2D eigenvalue weighted by Gasteiger charge is -2.12. The number of hydrogen-bond acceptors (Lipinski definition) is 4. The van der Waals surface area contributed by atoms with Crippen molar-refractivity contribution in [3.63, 3.8) is 0 Å². The number of carbonyl (C=O) groups excluding carboxylic acids is 1. The van der Waals surface area contributed by atoms with E-state index >= 15 is 0 Å². The average Bonchev–Trinajstić information content (AvgIpc) is 3.02. The molecule has 9 heteroatoms. The van der Waals surface area contributed by atoms with Gasteiger partial charge in [-0.25, -0.2) is 9.07 Å². The fourth-order valence-electron chi connectivity index (χ4n) is 3.28. The molecule has 1 heterocycles. The summed E-state index contributed by atoms with van der Waals surface area (Å²) < 4.78 is 49.4. The van der Waals surface area contributed by atoms with Crippen molar-refractivity contribution in [2.75, 3.05) is 13.7 Å². The molecule has 0 spiro atoms. The fraction of sp³-hybridized carbons (Fsp3) is 0.273. The van der Waals surface area contributed by atoms with Crippen LogP contribution in [0.2, 0.25) is 0 Å². The molecule has 0 saturated carbocycles. The number of amides is 1. The van der Waals surface area contributed by atoms with Gasteiger partial charge in [-0.1, -0.05) is 6.07 Å². The number of methoxy groups -OCH3 is 1. The van der Waals surface area contributed by atoms with Crippen LogP contribution in [0.4, 0.5) is 13.2 Å². The topological polar surface area (TPSA) is 65.4 Å². The molecule has 0 aliphatic heterocycles. The minimum atomic E-state index is -2.97. The van der Waals surface area contributed by atoms with E-state index in [9.17, 15) is 18.0 Å². The third-order valence-corrected chi connectivity index (χ3v) is 4.73. The number of nitrogens with zero attached hydrogens (tertiary/aromatic N) is 2. The van der Waals surface area contributed by atoms with E-state index in [0.29, 0.717) is 34.6 Å². The van der Waals surface area contributed by atoms with Gasteiger partial charge in [0.1, 0.15) is 5.82 Å². The van der Waals surface area contributed by atoms with Crippen LogP contribution in [-0.4, -0.2) is 36.0 Å². The third kappa shape index (κ3) is 5.17. The van der Waals surface area contributed by atoms with Gasteiger partial charge >= 0.3 is 6.61 Å². The van der Waals surface area contributed by atoms with Crippen LogP contribution < -0.4 is 14.8 Å². The van der Waals surface area contributed by atoms with Gasteiger partial charge in [0.15, 0.2) is 11.5 Å². The lowest BCUT2D eigenvalue weighted by molar-refractivity contribution is -0.0512. The monoisotopic (exact) mass is 433 g/mol. The van der Waals surface area contributed by atoms with Crippen LogP contribution in [0.3, 0.4) is 0 Å². The molecule has 0 bridgehead atoms. The largest absolute Gasteiger partial charge is 0.493 e. The van der Waals surface area contributed by atoms with Gasteiger partial charge in [-0.05, 0) is 62.2 Å². The van der Waals surface area contributed by atoms with Gasteiger partial charge in [0, 0.05) is 6.54 Å². The zero-order chi connectivity index (χ0) is 22.5. The molecule has 1 amide bonds. The summed E-state index contributed by atoms with van der Waals surface area (Å²) in [4.78, 5) is 12.7. The van der Waals surface area contributed by atoms with Crippen molar-refractivity contribution in [3.8, 4) is 17.2 Å². The molecule has 0 saturated heterocycles. The maximum atomic E-state index is 13.2. The molecule has 1 aromatic heterocycles. The van der Waals surface area contributed by atoms with Crippen LogP contribution in [0.5, 0.6) is 11.5 Å². The molecule has 3 aromatic rings. The zero-order valence-electron chi connectivity index (χ0n) is 17.3. The normalized spacial score (nSPS) is 10.9. The SMILES string of the molecule is COc1ccc(CCNC(=O)c2c(C)nn(-c3ccc(F)cc3)c2C)cc1OC(F)F. The molecule has 3 rings (SSSR count). The van der Waals surface area contributed by atoms with Crippen molar-refractivity contribution in [1.29, 1.82) is 0 Å². The molecule has 1 N–H and O–H groups in total. The van der Waals surface area contributed by atoms with Crippen molar-refractivity contribution in [1.82, 2.24) is 15.1 Å². The predicted octanol–water partition coefficient (Wildman–Crippen LogP) is 4.21. The summed E-state index contributed by atoms with van der Waals surface area (Å²) >= 11 is 0. The predicted molar refractivity (Wildman–Crippen MR) is 109 cm³/mol. The number of halogens is 3. The minimum Gasteiger partial charge on any atom is -0.493 e. The van der Waals surface area contributed by atoms with E-state index in [1.54, 1.807) is 36.7 Å². The number of hydrogen-bond donors (Lipinski definition) is 1. The minimum absolute atomic E-state index is 0.0615. The molecule has 0 atom stereocenters. The number of carbonyl (C=O) groups is 1. The first kappa shape index (κ1) is 22.2. The van der Waals surface area contributed by atoms with Crippen molar-refractivity contribution >= 4 is 5.91 Å². The van der Waals surface area contributed by atoms with E-state index in [2.05, 4.69) is 15.2 Å². The van der Waals surface area contributed by atoms with Crippen molar-refractivity contribution < 1.29 is 27.4 Å². The molecule has 164 valence electrons. The van der Waals surface area contributed by atoms with Crippen LogP contribution in [0.1, 0.15) is 27.3 Å². The standard InChI is InChI=1S/C22H22F3N3O3/c1-13-20(14(2)28(27-13)17-7-5-16(23)6-8-17)21(29)26-11-10-15-4-9-18(30-3)19(12-15)31-22(24)25/h4-9,12,22H,10-11H2,1-3H3,(H,26,29). The van der Waals surface area contributed by atoms with Crippen molar-refractivity contribution in [2.45, 2.75) is 26.9 Å². The quantitative estimate of drug-likeness (QED) is 0.578. The summed E-state index contributed by atoms with van der Waals surface area (Å²) in [6, 6.07) is 10.5. The Morgan fingerprint density at radius 1 is 1.13 bits per heavy atom. The van der Waals surface area contributed by atoms with Gasteiger partial charge in [-0.3, -0.25) is 4.79 Å². The van der Waals surface area contributed by atoms with Crippen LogP contribution in [0.25, 0.3) is 5.69 Å². The van der Waals surface area contributed by atoms with Gasteiger partial charge in [0.05, 0.1) is 29.7 Å². The first-order valence-corrected chi connectivity index (χ1v) is 9.52. The smallest absolute Gasteiger partial charge is 0.387 e. The Hall–Kier alpha value is -3.49. The Balaban J connectivity index is 1.68. The van der Waals surface area contributed by atoms with Crippen LogP contribution in [0.15, 0.2) is 42.5 Å². The van der Waals surface area contributed by atoms with E-state index in [1.807, 2.05) is 0 Å². The lowest BCUT2D eigenvalue weighted by Crippen LogP contribution is -2.26. The van der Waals surface area contributed by atoms with E-state index < -0.39 is 6.61 Å². The Morgan fingerprint density at radius 3 is 2.48 bits per heavy atom. The first-order chi connectivity index (χ1) is 14.8. The van der Waals surface area contributed by atoms with Gasteiger partial charge in [-0.2, -0.15) is 13.9 Å². The van der Waals surface area contributed by atoms with Crippen LogP contribution >= 0.6 is 0 Å². The Bertz CT molecular complexity index is 1070. The molecule has 0 fully saturated rings. The highest BCUT2D eigenvalue weighted by Crippen LogP contribution is 2.29. The lowest BCUT2D eigenvalue weighted by atomic mass is 10.1. The molecule has 6 nitrogen and oxygen atoms in total. The number of rotatable bonds is 8. The van der Waals surface area contributed by atoms with Crippen LogP contribution in [-0.2, 0) is 6.42 Å². The summed E-state index contributed by atoms with van der Waals surface area (Å²) in [5, 5.41) is 7.21. The molecule has 0 radical (unpaired) electrons. The van der Waals surface area contributed by atoms with Gasteiger partial charge < -0.3 is 14.8 Å². The fourth-order valence-corrected chi connectivity index (χ4v) is 3.28. The first-order valence-electron chi connectivity index (χ1n) is 9.52. The van der Waals surface area contributed by atoms with E-state index in [-0.39, 0.29) is 29.8 Å². The van der Waals surface area contributed by atoms with E-state index in [1.165, 1.54) is 31.4 Å². The average molecular weight is 433 g/mol. The highest BCUT2D eigenvalue weighted by molar-refractivity contribution is 5.96. The second kappa shape index (κ2) is 9.55. The second-order valence-electron chi connectivity index (χ2n) is 6.80. The molecule has 0 unspecified atom stereocenters. The van der Waals surface area contributed by atoms with Gasteiger partial charge in [0.2, 0.25) is 0 Å². The molecule has 0 aliphatic rings. The summed E-state index contributed by atoms with van der Waals surface area (Å²) in [5.41, 5.74) is 2.94. The number of ether oxygens (including phenoxy) is 2. The highest BCUT2D eigenvalue weighted by Gasteiger charge is 2.19. The Kier molecular flexibility index (Phi) is 6.84. The third-order valence-electron chi connectivity index (χ3n) is 4.73. The van der Waals surface area contributed by atoms with E-state index in [0.717, 1.165) is 0 Å². The summed E-state index contributed by atoms with van der Waals surface area (Å²) in [6.45, 7) is 0.794. The molecule has 31 heavy (non-hydrogen) atoms. The summed E-state index contributed by atoms with van der Waals surface area (Å²) in [5.74, 6) is -0.522.